The van der Waals surface area contributed by atoms with Gasteiger partial charge in [0.1, 0.15) is 6.04 Å². The smallest absolute Gasteiger partial charge is 0.327 e. The summed E-state index contributed by atoms with van der Waals surface area (Å²) in [5, 5.41) is 12.3. The predicted octanol–water partition coefficient (Wildman–Crippen LogP) is 3.40. The normalized spacial score (nSPS) is 20.9. The molecule has 0 radical (unpaired) electrons. The molecule has 5 nitrogen and oxygen atoms in total. The Balaban J connectivity index is 2.16. The first-order valence-electron chi connectivity index (χ1n) is 6.87. The molecule has 114 valence electrons. The number of rotatable bonds is 2. The molecule has 0 spiro atoms. The topological polar surface area (TPSA) is 69.6 Å². The van der Waals surface area contributed by atoms with E-state index in [9.17, 15) is 14.7 Å². The second-order valence-electron chi connectivity index (χ2n) is 5.96. The number of urea groups is 1. The molecule has 2 rings (SSSR count). The maximum Gasteiger partial charge on any atom is 0.327 e. The number of carbonyl (C=O) groups excluding carboxylic acids is 1. The number of likely N-dealkylation sites (tertiary alicyclic amines) is 1. The number of hydrogen-bond donors (Lipinski definition) is 2. The second kappa shape index (κ2) is 6.21. The first-order valence-corrected chi connectivity index (χ1v) is 7.95. The van der Waals surface area contributed by atoms with Crippen LogP contribution >= 0.6 is 22.6 Å². The number of halogens is 1. The van der Waals surface area contributed by atoms with Gasteiger partial charge in [-0.15, -0.1) is 0 Å². The van der Waals surface area contributed by atoms with Crippen molar-refractivity contribution in [2.75, 3.05) is 11.9 Å². The minimum absolute atomic E-state index is 0.351. The zero-order valence-electron chi connectivity index (χ0n) is 12.1. The Morgan fingerprint density at radius 2 is 1.95 bits per heavy atom. The summed E-state index contributed by atoms with van der Waals surface area (Å²) < 4.78 is 1.08. The van der Waals surface area contributed by atoms with Crippen LogP contribution in [0.1, 0.15) is 26.7 Å². The molecule has 1 aliphatic heterocycles. The molecule has 6 heteroatoms. The van der Waals surface area contributed by atoms with Crippen molar-refractivity contribution in [2.45, 2.75) is 32.7 Å². The van der Waals surface area contributed by atoms with Gasteiger partial charge in [-0.05, 0) is 65.1 Å². The number of carboxylic acid groups (broad SMARTS) is 1. The van der Waals surface area contributed by atoms with Gasteiger partial charge in [-0.2, -0.15) is 0 Å². The van der Waals surface area contributed by atoms with E-state index in [1.807, 2.05) is 38.1 Å². The Morgan fingerprint density at radius 3 is 2.52 bits per heavy atom. The van der Waals surface area contributed by atoms with Gasteiger partial charge in [0.2, 0.25) is 0 Å². The third-order valence-electron chi connectivity index (χ3n) is 3.86. The molecule has 1 saturated heterocycles. The highest BCUT2D eigenvalue weighted by molar-refractivity contribution is 14.1. The van der Waals surface area contributed by atoms with Gasteiger partial charge in [0.15, 0.2) is 0 Å². The van der Waals surface area contributed by atoms with Crippen molar-refractivity contribution in [1.82, 2.24) is 4.90 Å². The van der Waals surface area contributed by atoms with E-state index < -0.39 is 17.4 Å². The summed E-state index contributed by atoms with van der Waals surface area (Å²) in [7, 11) is 0. The Bertz CT molecular complexity index is 542. The summed E-state index contributed by atoms with van der Waals surface area (Å²) in [5.41, 5.74) is 0.251. The van der Waals surface area contributed by atoms with Gasteiger partial charge in [0.25, 0.3) is 0 Å². The third kappa shape index (κ3) is 3.66. The van der Waals surface area contributed by atoms with E-state index >= 15 is 0 Å². The van der Waals surface area contributed by atoms with Gasteiger partial charge in [-0.1, -0.05) is 13.8 Å². The number of nitrogens with one attached hydrogen (secondary N) is 1. The van der Waals surface area contributed by atoms with Gasteiger partial charge in [-0.3, -0.25) is 0 Å². The molecule has 2 N–H and O–H groups in total. The first kappa shape index (κ1) is 16.1. The molecule has 1 aromatic rings. The van der Waals surface area contributed by atoms with Crippen molar-refractivity contribution in [2.24, 2.45) is 5.41 Å². The van der Waals surface area contributed by atoms with Crippen LogP contribution in [0.3, 0.4) is 0 Å². The number of piperidine rings is 1. The lowest BCUT2D eigenvalue weighted by Crippen LogP contribution is -2.57. The fraction of sp³-hybridized carbons (Fsp3) is 0.467. The third-order valence-corrected chi connectivity index (χ3v) is 4.58. The Labute approximate surface area is 137 Å². The Morgan fingerprint density at radius 1 is 1.33 bits per heavy atom. The van der Waals surface area contributed by atoms with E-state index in [-0.39, 0.29) is 6.03 Å². The van der Waals surface area contributed by atoms with Gasteiger partial charge < -0.3 is 15.3 Å². The number of carbonyl (C=O) groups is 2. The van der Waals surface area contributed by atoms with Crippen molar-refractivity contribution >= 4 is 40.3 Å². The van der Waals surface area contributed by atoms with Crippen LogP contribution in [0.5, 0.6) is 0 Å². The first-order chi connectivity index (χ1) is 9.81. The zero-order valence-corrected chi connectivity index (χ0v) is 14.3. The molecule has 1 aliphatic rings. The molecule has 1 unspecified atom stereocenters. The van der Waals surface area contributed by atoms with Crippen molar-refractivity contribution in [3.8, 4) is 0 Å². The molecule has 1 fully saturated rings. The fourth-order valence-electron chi connectivity index (χ4n) is 2.81. The number of nitrogens with zero attached hydrogens (tertiary/aromatic N) is 1. The van der Waals surface area contributed by atoms with Crippen molar-refractivity contribution < 1.29 is 14.7 Å². The van der Waals surface area contributed by atoms with E-state index in [0.717, 1.165) is 16.4 Å². The summed E-state index contributed by atoms with van der Waals surface area (Å²) in [5.74, 6) is -0.947. The number of anilines is 1. The van der Waals surface area contributed by atoms with E-state index in [1.54, 1.807) is 0 Å². The van der Waals surface area contributed by atoms with Crippen LogP contribution in [0.2, 0.25) is 0 Å². The molecule has 0 aliphatic carbocycles. The van der Waals surface area contributed by atoms with Crippen LogP contribution in [-0.2, 0) is 4.79 Å². The largest absolute Gasteiger partial charge is 0.480 e. The molecular formula is C15H19IN2O3. The number of benzene rings is 1. The molecule has 0 aromatic heterocycles. The summed E-state index contributed by atoms with van der Waals surface area (Å²) in [6, 6.07) is 6.26. The fourth-order valence-corrected chi connectivity index (χ4v) is 3.17. The average Bonchev–Trinajstić information content (AvgIpc) is 2.39. The molecule has 21 heavy (non-hydrogen) atoms. The minimum atomic E-state index is -0.947. The molecule has 0 saturated carbocycles. The molecule has 2 amide bonds. The van der Waals surface area contributed by atoms with Crippen LogP contribution < -0.4 is 5.32 Å². The van der Waals surface area contributed by atoms with E-state index in [0.29, 0.717) is 12.2 Å². The molecule has 1 aromatic carbocycles. The minimum Gasteiger partial charge on any atom is -0.480 e. The molecule has 0 bridgehead atoms. The SMILES string of the molecule is CC1(C)CCCN(C(=O)Nc2ccc(I)cc2)C1C(=O)O. The zero-order chi connectivity index (χ0) is 15.6. The molecule has 1 atom stereocenters. The Kier molecular flexibility index (Phi) is 4.75. The van der Waals surface area contributed by atoms with Crippen LogP contribution in [0.15, 0.2) is 24.3 Å². The molecular weight excluding hydrogens is 383 g/mol. The van der Waals surface area contributed by atoms with E-state index in [4.69, 9.17) is 0 Å². The van der Waals surface area contributed by atoms with Crippen LogP contribution in [0, 0.1) is 8.99 Å². The lowest BCUT2D eigenvalue weighted by Gasteiger charge is -2.43. The quantitative estimate of drug-likeness (QED) is 0.746. The number of hydrogen-bond acceptors (Lipinski definition) is 2. The summed E-state index contributed by atoms with van der Waals surface area (Å²) in [4.78, 5) is 25.4. The van der Waals surface area contributed by atoms with E-state index in [2.05, 4.69) is 27.9 Å². The van der Waals surface area contributed by atoms with Gasteiger partial charge in [-0.25, -0.2) is 9.59 Å². The number of aliphatic carboxylic acids is 1. The summed E-state index contributed by atoms with van der Waals surface area (Å²) in [6.45, 7) is 4.27. The van der Waals surface area contributed by atoms with Gasteiger partial charge in [0, 0.05) is 15.8 Å². The lowest BCUT2D eigenvalue weighted by molar-refractivity contribution is -0.148. The standard InChI is InChI=1S/C15H19IN2O3/c1-15(2)8-3-9-18(12(15)13(19)20)14(21)17-11-6-4-10(16)5-7-11/h4-7,12H,3,8-9H2,1-2H3,(H,17,21)(H,19,20). The Hall–Kier alpha value is -1.31. The monoisotopic (exact) mass is 402 g/mol. The van der Waals surface area contributed by atoms with Crippen LogP contribution in [0.25, 0.3) is 0 Å². The van der Waals surface area contributed by atoms with Crippen molar-refractivity contribution in [1.29, 1.82) is 0 Å². The predicted molar refractivity (Wildman–Crippen MR) is 89.3 cm³/mol. The second-order valence-corrected chi connectivity index (χ2v) is 7.21. The van der Waals surface area contributed by atoms with Crippen molar-refractivity contribution in [3.05, 3.63) is 27.8 Å². The van der Waals surface area contributed by atoms with Crippen LogP contribution in [0.4, 0.5) is 10.5 Å². The van der Waals surface area contributed by atoms with Gasteiger partial charge >= 0.3 is 12.0 Å². The number of amides is 2. The summed E-state index contributed by atoms with van der Waals surface area (Å²) >= 11 is 2.19. The maximum atomic E-state index is 12.4. The van der Waals surface area contributed by atoms with Crippen LogP contribution in [-0.4, -0.2) is 34.6 Å². The maximum absolute atomic E-state index is 12.4. The number of carboxylic acids is 1. The average molecular weight is 402 g/mol. The van der Waals surface area contributed by atoms with E-state index in [1.165, 1.54) is 4.90 Å². The van der Waals surface area contributed by atoms with Crippen molar-refractivity contribution in [3.63, 3.8) is 0 Å². The molecule has 1 heterocycles. The highest BCUT2D eigenvalue weighted by Gasteiger charge is 2.44. The highest BCUT2D eigenvalue weighted by atomic mass is 127. The summed E-state index contributed by atoms with van der Waals surface area (Å²) in [6.07, 6.45) is 1.62. The lowest BCUT2D eigenvalue weighted by atomic mass is 9.76. The van der Waals surface area contributed by atoms with Gasteiger partial charge in [0.05, 0.1) is 0 Å². The highest BCUT2D eigenvalue weighted by Crippen LogP contribution is 2.35.